The molecule has 158 valence electrons. The minimum absolute atomic E-state index is 0.0965. The number of para-hydroxylation sites is 1. The van der Waals surface area contributed by atoms with Crippen molar-refractivity contribution in [2.45, 2.75) is 32.6 Å². The Morgan fingerprint density at radius 3 is 2.32 bits per heavy atom. The minimum atomic E-state index is -0.422. The van der Waals surface area contributed by atoms with E-state index >= 15 is 0 Å². The molecule has 2 aromatic rings. The summed E-state index contributed by atoms with van der Waals surface area (Å²) in [7, 11) is 1.62. The van der Waals surface area contributed by atoms with Crippen molar-refractivity contribution in [3.8, 4) is 5.75 Å². The molecule has 2 aromatic carbocycles. The van der Waals surface area contributed by atoms with E-state index in [0.29, 0.717) is 17.6 Å². The van der Waals surface area contributed by atoms with Gasteiger partial charge in [-0.25, -0.2) is 4.79 Å². The van der Waals surface area contributed by atoms with Gasteiger partial charge in [0.15, 0.2) is 5.78 Å². The summed E-state index contributed by atoms with van der Waals surface area (Å²) in [4.78, 5) is 28.6. The number of cyclic esters (lactones) is 1. The Labute approximate surface area is 182 Å². The highest BCUT2D eigenvalue weighted by Gasteiger charge is 2.48. The predicted octanol–water partition coefficient (Wildman–Crippen LogP) is 4.75. The molecule has 2 heterocycles. The number of ether oxygens (including phenoxy) is 2. The lowest BCUT2D eigenvalue weighted by molar-refractivity contribution is -0.136. The summed E-state index contributed by atoms with van der Waals surface area (Å²) in [6, 6.07) is 17.6. The molecule has 3 aliphatic rings. The van der Waals surface area contributed by atoms with Gasteiger partial charge in [-0.15, -0.1) is 0 Å². The van der Waals surface area contributed by atoms with Gasteiger partial charge in [-0.05, 0) is 41.7 Å². The fourth-order valence-corrected chi connectivity index (χ4v) is 5.03. The van der Waals surface area contributed by atoms with Gasteiger partial charge in [0.05, 0.1) is 18.4 Å². The number of esters is 1. The molecule has 5 nitrogen and oxygen atoms in total. The zero-order valence-electron chi connectivity index (χ0n) is 18.0. The van der Waals surface area contributed by atoms with E-state index in [9.17, 15) is 9.59 Å². The van der Waals surface area contributed by atoms with Gasteiger partial charge in [0.2, 0.25) is 0 Å². The quantitative estimate of drug-likeness (QED) is 0.677. The molecule has 0 saturated carbocycles. The number of allylic oxidation sites excluding steroid dienone is 2. The highest BCUT2D eigenvalue weighted by Crippen LogP contribution is 2.52. The maximum Gasteiger partial charge on any atom is 0.337 e. The average molecular weight is 415 g/mol. The van der Waals surface area contributed by atoms with Crippen LogP contribution in [0, 0.1) is 5.41 Å². The van der Waals surface area contributed by atoms with Crippen molar-refractivity contribution in [2.75, 3.05) is 18.6 Å². The van der Waals surface area contributed by atoms with Gasteiger partial charge in [0.25, 0.3) is 0 Å². The fourth-order valence-electron chi connectivity index (χ4n) is 5.03. The number of nitrogens with zero attached hydrogens (tertiary/aromatic N) is 1. The maximum absolute atomic E-state index is 13.5. The van der Waals surface area contributed by atoms with Gasteiger partial charge in [0.1, 0.15) is 12.4 Å². The Hall–Kier alpha value is -3.34. The maximum atomic E-state index is 13.5. The molecule has 5 heteroatoms. The van der Waals surface area contributed by atoms with Gasteiger partial charge in [0, 0.05) is 29.3 Å². The number of rotatable bonds is 3. The molecule has 0 bridgehead atoms. The number of anilines is 1. The van der Waals surface area contributed by atoms with E-state index in [2.05, 4.69) is 18.7 Å². The van der Waals surface area contributed by atoms with Crippen LogP contribution in [0.15, 0.2) is 77.1 Å². The summed E-state index contributed by atoms with van der Waals surface area (Å²) >= 11 is 0. The zero-order chi connectivity index (χ0) is 21.8. The number of carbonyl (C=O) groups is 2. The van der Waals surface area contributed by atoms with Crippen LogP contribution in [-0.4, -0.2) is 25.5 Å². The second-order valence-corrected chi connectivity index (χ2v) is 9.11. The van der Waals surface area contributed by atoms with E-state index in [-0.39, 0.29) is 23.8 Å². The first-order chi connectivity index (χ1) is 14.9. The van der Waals surface area contributed by atoms with Crippen LogP contribution in [0.25, 0.3) is 0 Å². The van der Waals surface area contributed by atoms with Gasteiger partial charge in [-0.3, -0.25) is 4.79 Å². The average Bonchev–Trinajstić information content (AvgIpc) is 3.13. The van der Waals surface area contributed by atoms with E-state index < -0.39 is 5.92 Å². The molecule has 0 aromatic heterocycles. The molecular formula is C26H25NO4. The van der Waals surface area contributed by atoms with Crippen LogP contribution in [0.1, 0.15) is 38.2 Å². The van der Waals surface area contributed by atoms with Crippen molar-refractivity contribution in [1.29, 1.82) is 0 Å². The normalized spacial score (nSPS) is 22.3. The number of carbonyl (C=O) groups excluding carboxylic acids is 2. The predicted molar refractivity (Wildman–Crippen MR) is 118 cm³/mol. The molecule has 0 fully saturated rings. The molecule has 0 spiro atoms. The molecule has 5 rings (SSSR count). The third kappa shape index (κ3) is 3.16. The van der Waals surface area contributed by atoms with Crippen LogP contribution in [0.2, 0.25) is 0 Å². The van der Waals surface area contributed by atoms with E-state index in [4.69, 9.17) is 9.47 Å². The van der Waals surface area contributed by atoms with Gasteiger partial charge >= 0.3 is 5.97 Å². The molecule has 0 saturated heterocycles. The SMILES string of the molecule is COc1ccc(C2C3=C(CC(C)(C)CC3=O)N(c3ccccc3)C3=C2C(=O)OC3)cc1. The number of hydrogen-bond acceptors (Lipinski definition) is 5. The minimum Gasteiger partial charge on any atom is -0.497 e. The van der Waals surface area contributed by atoms with Crippen LogP contribution < -0.4 is 9.64 Å². The highest BCUT2D eigenvalue weighted by molar-refractivity contribution is 6.06. The first-order valence-corrected chi connectivity index (χ1v) is 10.6. The van der Waals surface area contributed by atoms with E-state index in [1.165, 1.54) is 0 Å². The lowest BCUT2D eigenvalue weighted by Crippen LogP contribution is -2.40. The summed E-state index contributed by atoms with van der Waals surface area (Å²) in [5.74, 6) is 0.0635. The first-order valence-electron chi connectivity index (χ1n) is 10.6. The lowest BCUT2D eigenvalue weighted by atomic mass is 9.68. The molecule has 0 radical (unpaired) electrons. The molecule has 0 N–H and O–H groups in total. The third-order valence-electron chi connectivity index (χ3n) is 6.35. The van der Waals surface area contributed by atoms with E-state index in [1.807, 2.05) is 54.6 Å². The number of benzene rings is 2. The number of methoxy groups -OCH3 is 1. The zero-order valence-corrected chi connectivity index (χ0v) is 18.0. The summed E-state index contributed by atoms with van der Waals surface area (Å²) in [5.41, 5.74) is 4.79. The molecule has 1 aliphatic carbocycles. The summed E-state index contributed by atoms with van der Waals surface area (Å²) in [5, 5.41) is 0. The number of Topliss-reactive ketones (excluding diaryl/α,β-unsaturated/α-hetero) is 1. The monoisotopic (exact) mass is 415 g/mol. The van der Waals surface area contributed by atoms with Crippen LogP contribution in [0.5, 0.6) is 5.75 Å². The molecule has 0 amide bonds. The van der Waals surface area contributed by atoms with Crippen molar-refractivity contribution in [3.63, 3.8) is 0 Å². The van der Waals surface area contributed by atoms with Crippen molar-refractivity contribution in [3.05, 3.63) is 82.7 Å². The van der Waals surface area contributed by atoms with Crippen molar-refractivity contribution in [1.82, 2.24) is 0 Å². The smallest absolute Gasteiger partial charge is 0.337 e. The molecule has 31 heavy (non-hydrogen) atoms. The van der Waals surface area contributed by atoms with Crippen LogP contribution in [0.3, 0.4) is 0 Å². The summed E-state index contributed by atoms with van der Waals surface area (Å²) < 4.78 is 10.8. The summed E-state index contributed by atoms with van der Waals surface area (Å²) in [6.07, 6.45) is 1.21. The van der Waals surface area contributed by atoms with Crippen molar-refractivity contribution >= 4 is 17.4 Å². The van der Waals surface area contributed by atoms with Crippen molar-refractivity contribution in [2.24, 2.45) is 5.41 Å². The Morgan fingerprint density at radius 1 is 0.935 bits per heavy atom. The molecule has 2 aliphatic heterocycles. The third-order valence-corrected chi connectivity index (χ3v) is 6.35. The van der Waals surface area contributed by atoms with Gasteiger partial charge < -0.3 is 14.4 Å². The van der Waals surface area contributed by atoms with Gasteiger partial charge in [-0.2, -0.15) is 0 Å². The highest BCUT2D eigenvalue weighted by atomic mass is 16.5. The Bertz CT molecular complexity index is 1130. The topological polar surface area (TPSA) is 55.8 Å². The molecule has 1 atom stereocenters. The number of hydrogen-bond donors (Lipinski definition) is 0. The van der Waals surface area contributed by atoms with Gasteiger partial charge in [-0.1, -0.05) is 44.2 Å². The van der Waals surface area contributed by atoms with E-state index in [1.54, 1.807) is 7.11 Å². The Morgan fingerprint density at radius 2 is 1.65 bits per heavy atom. The van der Waals surface area contributed by atoms with E-state index in [0.717, 1.165) is 34.8 Å². The number of ketones is 1. The van der Waals surface area contributed by atoms with Crippen LogP contribution in [0.4, 0.5) is 5.69 Å². The molecule has 1 unspecified atom stereocenters. The lowest BCUT2D eigenvalue weighted by Gasteiger charge is -2.43. The summed E-state index contributed by atoms with van der Waals surface area (Å²) in [6.45, 7) is 4.46. The van der Waals surface area contributed by atoms with Crippen LogP contribution in [-0.2, 0) is 14.3 Å². The fraction of sp³-hybridized carbons (Fsp3) is 0.308. The second kappa shape index (κ2) is 7.12. The Balaban J connectivity index is 1.76. The first kappa shape index (κ1) is 19.6. The van der Waals surface area contributed by atoms with Crippen LogP contribution >= 0.6 is 0 Å². The largest absolute Gasteiger partial charge is 0.497 e. The molecular weight excluding hydrogens is 390 g/mol. The Kier molecular flexibility index (Phi) is 4.50. The van der Waals surface area contributed by atoms with Crippen molar-refractivity contribution < 1.29 is 19.1 Å². The second-order valence-electron chi connectivity index (χ2n) is 9.11. The standard InChI is InChI=1S/C26H25NO4/c1-26(2)13-19-23(21(28)14-26)22(16-9-11-18(30-3)12-10-16)24-20(15-31-25(24)29)27(19)17-7-5-4-6-8-17/h4-12,22H,13-15H2,1-3H3.